The summed E-state index contributed by atoms with van der Waals surface area (Å²) in [5, 5.41) is 20.9. The molecule has 5 aliphatic rings. The van der Waals surface area contributed by atoms with Gasteiger partial charge in [0.1, 0.15) is 0 Å². The number of carbonyl (C=O) groups is 1. The van der Waals surface area contributed by atoms with Crippen molar-refractivity contribution in [2.45, 2.75) is 112 Å². The first-order valence-electron chi connectivity index (χ1n) is 13.8. The number of aliphatic hydroxyl groups is 1. The molecule has 3 nitrogen and oxygen atoms in total. The largest absolute Gasteiger partial charge is 0.481 e. The lowest BCUT2D eigenvalue weighted by Crippen LogP contribution is -2.64. The Morgan fingerprint density at radius 3 is 2.27 bits per heavy atom. The Kier molecular flexibility index (Phi) is 5.15. The predicted octanol–water partition coefficient (Wildman–Crippen LogP) is 7.09. The Bertz CT molecular complexity index is 874. The molecule has 3 heteroatoms. The van der Waals surface area contributed by atoms with Crippen LogP contribution in [0.15, 0.2) is 11.6 Å². The van der Waals surface area contributed by atoms with Gasteiger partial charge < -0.3 is 10.2 Å². The lowest BCUT2D eigenvalue weighted by Gasteiger charge is -2.71. The van der Waals surface area contributed by atoms with Crippen molar-refractivity contribution in [3.8, 4) is 0 Å². The number of allylic oxidation sites excluding steroid dienone is 2. The molecule has 3 unspecified atom stereocenters. The molecule has 186 valence electrons. The van der Waals surface area contributed by atoms with Crippen LogP contribution in [0.2, 0.25) is 0 Å². The van der Waals surface area contributed by atoms with E-state index < -0.39 is 5.97 Å². The van der Waals surface area contributed by atoms with Crippen molar-refractivity contribution in [2.24, 2.45) is 56.7 Å². The maximum Gasteiger partial charge on any atom is 0.306 e. The number of carboxylic acid groups (broad SMARTS) is 1. The molecule has 0 aliphatic heterocycles. The van der Waals surface area contributed by atoms with Gasteiger partial charge in [-0.1, -0.05) is 60.1 Å². The van der Waals surface area contributed by atoms with Crippen molar-refractivity contribution in [3.63, 3.8) is 0 Å². The Hall–Kier alpha value is -0.830. The molecule has 4 saturated carbocycles. The van der Waals surface area contributed by atoms with Gasteiger partial charge in [0.15, 0.2) is 0 Å². The molecule has 0 amide bonds. The third-order valence-electron chi connectivity index (χ3n) is 13.3. The number of carboxylic acids is 1. The van der Waals surface area contributed by atoms with Crippen LogP contribution in [0.1, 0.15) is 106 Å². The molecule has 10 atom stereocenters. The molecule has 2 N–H and O–H groups in total. The van der Waals surface area contributed by atoms with Gasteiger partial charge in [-0.05, 0) is 109 Å². The van der Waals surface area contributed by atoms with Gasteiger partial charge in [0.2, 0.25) is 0 Å². The SMILES string of the molecule is C[C@@H]1C2C3=CCC4[C@@]5(C)CC[C@H](O)C(C)(C)C5CC[C@@]4(C)[C@]3(C)CC[C@@]2(C)CC[C@H]1C(=O)O. The summed E-state index contributed by atoms with van der Waals surface area (Å²) in [6.45, 7) is 17.1. The van der Waals surface area contributed by atoms with Crippen LogP contribution < -0.4 is 0 Å². The third kappa shape index (κ3) is 2.87. The second-order valence-electron chi connectivity index (χ2n) is 14.6. The van der Waals surface area contributed by atoms with Gasteiger partial charge >= 0.3 is 5.97 Å². The molecule has 33 heavy (non-hydrogen) atoms. The summed E-state index contributed by atoms with van der Waals surface area (Å²) in [4.78, 5) is 12.1. The molecule has 0 radical (unpaired) electrons. The summed E-state index contributed by atoms with van der Waals surface area (Å²) >= 11 is 0. The molecular formula is C30H48O3. The van der Waals surface area contributed by atoms with Crippen molar-refractivity contribution in [1.29, 1.82) is 0 Å². The molecular weight excluding hydrogens is 408 g/mol. The fraction of sp³-hybridized carbons (Fsp3) is 0.900. The zero-order valence-electron chi connectivity index (χ0n) is 22.2. The molecule has 4 fully saturated rings. The standard InChI is InChI=1S/C30H48O3/c1-18-19(25(32)33)10-13-27(4)16-17-29(6)20(24(18)27)8-9-22-28(5)14-12-23(31)26(2,3)21(28)11-15-30(22,29)7/h8,18-19,21-24,31H,9-17H2,1-7H3,(H,32,33)/t18-,19+,21?,22?,23-,24?,27+,28-,29+,30+/m0/s1. The zero-order chi connectivity index (χ0) is 24.2. The normalized spacial score (nSPS) is 55.3. The van der Waals surface area contributed by atoms with Crippen LogP contribution in [-0.4, -0.2) is 22.3 Å². The van der Waals surface area contributed by atoms with Crippen molar-refractivity contribution in [1.82, 2.24) is 0 Å². The predicted molar refractivity (Wildman–Crippen MR) is 133 cm³/mol. The second kappa shape index (κ2) is 7.11. The maximum atomic E-state index is 12.1. The smallest absolute Gasteiger partial charge is 0.306 e. The quantitative estimate of drug-likeness (QED) is 0.414. The van der Waals surface area contributed by atoms with E-state index >= 15 is 0 Å². The van der Waals surface area contributed by atoms with Gasteiger partial charge in [-0.25, -0.2) is 0 Å². The highest BCUT2D eigenvalue weighted by molar-refractivity contribution is 5.70. The van der Waals surface area contributed by atoms with E-state index in [1.165, 1.54) is 25.7 Å². The van der Waals surface area contributed by atoms with Crippen molar-refractivity contribution < 1.29 is 15.0 Å². The summed E-state index contributed by atoms with van der Waals surface area (Å²) in [7, 11) is 0. The van der Waals surface area contributed by atoms with E-state index in [2.05, 4.69) is 54.5 Å². The summed E-state index contributed by atoms with van der Waals surface area (Å²) in [5.41, 5.74) is 2.53. The minimum atomic E-state index is -0.590. The summed E-state index contributed by atoms with van der Waals surface area (Å²) in [6, 6.07) is 0. The molecule has 0 aromatic heterocycles. The van der Waals surface area contributed by atoms with Crippen LogP contribution in [-0.2, 0) is 4.79 Å². The van der Waals surface area contributed by atoms with Gasteiger partial charge in [0, 0.05) is 0 Å². The number of hydrogen-bond donors (Lipinski definition) is 2. The highest BCUT2D eigenvalue weighted by atomic mass is 16.4. The van der Waals surface area contributed by atoms with E-state index in [1.54, 1.807) is 5.57 Å². The van der Waals surface area contributed by atoms with Crippen LogP contribution in [0.4, 0.5) is 0 Å². The lowest BCUT2D eigenvalue weighted by molar-refractivity contribution is -0.204. The second-order valence-corrected chi connectivity index (χ2v) is 14.6. The van der Waals surface area contributed by atoms with E-state index in [0.717, 1.165) is 32.1 Å². The van der Waals surface area contributed by atoms with Crippen LogP contribution in [0.5, 0.6) is 0 Å². The first kappa shape index (κ1) is 23.9. The first-order valence-corrected chi connectivity index (χ1v) is 13.8. The summed E-state index contributed by atoms with van der Waals surface area (Å²) in [6.07, 6.45) is 12.5. The molecule has 0 aromatic rings. The van der Waals surface area contributed by atoms with Gasteiger partial charge in [-0.15, -0.1) is 0 Å². The number of rotatable bonds is 1. The fourth-order valence-corrected chi connectivity index (χ4v) is 11.0. The molecule has 5 aliphatic carbocycles. The van der Waals surface area contributed by atoms with E-state index in [9.17, 15) is 15.0 Å². The third-order valence-corrected chi connectivity index (χ3v) is 13.3. The Morgan fingerprint density at radius 2 is 1.61 bits per heavy atom. The minimum absolute atomic E-state index is 0.0169. The lowest BCUT2D eigenvalue weighted by atomic mass is 9.33. The first-order chi connectivity index (χ1) is 15.2. The van der Waals surface area contributed by atoms with E-state index in [-0.39, 0.29) is 45.0 Å². The minimum Gasteiger partial charge on any atom is -0.481 e. The van der Waals surface area contributed by atoms with Crippen LogP contribution in [0.25, 0.3) is 0 Å². The van der Waals surface area contributed by atoms with E-state index in [4.69, 9.17) is 0 Å². The molecule has 0 heterocycles. The van der Waals surface area contributed by atoms with Gasteiger partial charge in [0.25, 0.3) is 0 Å². The zero-order valence-corrected chi connectivity index (χ0v) is 22.2. The Morgan fingerprint density at radius 1 is 0.909 bits per heavy atom. The van der Waals surface area contributed by atoms with E-state index in [0.29, 0.717) is 17.8 Å². The number of aliphatic hydroxyl groups excluding tert-OH is 1. The molecule has 0 bridgehead atoms. The summed E-state index contributed by atoms with van der Waals surface area (Å²) in [5.74, 6) is 1.04. The van der Waals surface area contributed by atoms with Crippen LogP contribution in [0, 0.1) is 56.7 Å². The highest BCUT2D eigenvalue weighted by Crippen LogP contribution is 2.75. The maximum absolute atomic E-state index is 12.1. The van der Waals surface area contributed by atoms with Gasteiger partial charge in [-0.2, -0.15) is 0 Å². The Labute approximate surface area is 201 Å². The summed E-state index contributed by atoms with van der Waals surface area (Å²) < 4.78 is 0. The average Bonchev–Trinajstić information content (AvgIpc) is 2.72. The van der Waals surface area contributed by atoms with Crippen molar-refractivity contribution in [3.05, 3.63) is 11.6 Å². The average molecular weight is 457 g/mol. The van der Waals surface area contributed by atoms with Crippen molar-refractivity contribution in [2.75, 3.05) is 0 Å². The Balaban J connectivity index is 1.58. The fourth-order valence-electron chi connectivity index (χ4n) is 11.0. The topological polar surface area (TPSA) is 57.5 Å². The molecule has 0 saturated heterocycles. The van der Waals surface area contributed by atoms with Gasteiger partial charge in [-0.3, -0.25) is 4.79 Å². The van der Waals surface area contributed by atoms with Crippen LogP contribution in [0.3, 0.4) is 0 Å². The number of fused-ring (bicyclic) bond motifs is 7. The van der Waals surface area contributed by atoms with Crippen molar-refractivity contribution >= 4 is 5.97 Å². The van der Waals surface area contributed by atoms with Crippen LogP contribution >= 0.6 is 0 Å². The molecule has 0 aromatic carbocycles. The molecule has 5 rings (SSSR count). The number of aliphatic carboxylic acids is 1. The monoisotopic (exact) mass is 456 g/mol. The number of hydrogen-bond acceptors (Lipinski definition) is 2. The van der Waals surface area contributed by atoms with Gasteiger partial charge in [0.05, 0.1) is 12.0 Å². The highest BCUT2D eigenvalue weighted by Gasteiger charge is 2.68. The molecule has 0 spiro atoms. The van der Waals surface area contributed by atoms with E-state index in [1.807, 2.05) is 0 Å².